The van der Waals surface area contributed by atoms with Gasteiger partial charge in [0.25, 0.3) is 5.56 Å². The molecular weight excluding hydrogens is 350 g/mol. The van der Waals surface area contributed by atoms with Crippen molar-refractivity contribution in [3.8, 4) is 0 Å². The average molecular weight is 373 g/mol. The Kier molecular flexibility index (Phi) is 5.08. The van der Waals surface area contributed by atoms with E-state index >= 15 is 0 Å². The number of hydrogen-bond donors (Lipinski definition) is 1. The molecule has 0 spiro atoms. The zero-order valence-electron chi connectivity index (χ0n) is 15.8. The lowest BCUT2D eigenvalue weighted by Crippen LogP contribution is -2.48. The number of nitrogens with zero attached hydrogens (tertiary/aromatic N) is 2. The van der Waals surface area contributed by atoms with E-state index < -0.39 is 0 Å². The van der Waals surface area contributed by atoms with Crippen molar-refractivity contribution < 1.29 is 4.79 Å². The molecule has 0 saturated carbocycles. The highest BCUT2D eigenvalue weighted by molar-refractivity contribution is 5.92. The zero-order chi connectivity index (χ0) is 19.5. The van der Waals surface area contributed by atoms with Crippen LogP contribution >= 0.6 is 0 Å². The van der Waals surface area contributed by atoms with E-state index in [0.717, 1.165) is 17.4 Å². The second kappa shape index (κ2) is 7.82. The number of carbonyl (C=O) groups excluding carboxylic acids is 1. The molecule has 5 nitrogen and oxygen atoms in total. The summed E-state index contributed by atoms with van der Waals surface area (Å²) < 4.78 is 0. The topological polar surface area (TPSA) is 56.4 Å². The van der Waals surface area contributed by atoms with Crippen molar-refractivity contribution in [2.45, 2.75) is 6.04 Å². The first-order valence-corrected chi connectivity index (χ1v) is 9.46. The highest BCUT2D eigenvalue weighted by Gasteiger charge is 2.27. The molecule has 1 amide bonds. The van der Waals surface area contributed by atoms with Gasteiger partial charge in [-0.1, -0.05) is 48.5 Å². The van der Waals surface area contributed by atoms with Crippen LogP contribution in [0.25, 0.3) is 17.0 Å². The van der Waals surface area contributed by atoms with Crippen LogP contribution in [-0.2, 0) is 4.79 Å². The normalized spacial score (nSPS) is 18.0. The Morgan fingerprint density at radius 1 is 1.07 bits per heavy atom. The molecule has 0 radical (unpaired) electrons. The van der Waals surface area contributed by atoms with Crippen LogP contribution in [0.15, 0.2) is 71.5 Å². The van der Waals surface area contributed by atoms with Crippen LogP contribution in [0.2, 0.25) is 0 Å². The molecule has 0 aliphatic carbocycles. The number of fused-ring (bicyclic) bond motifs is 1. The predicted octanol–water partition coefficient (Wildman–Crippen LogP) is 3.06. The molecule has 1 aliphatic rings. The number of pyridine rings is 1. The number of piperazine rings is 1. The van der Waals surface area contributed by atoms with Crippen molar-refractivity contribution in [1.29, 1.82) is 0 Å². The molecule has 4 rings (SSSR count). The maximum Gasteiger partial charge on any atom is 0.255 e. The van der Waals surface area contributed by atoms with E-state index in [1.54, 1.807) is 6.08 Å². The second-order valence-electron chi connectivity index (χ2n) is 7.17. The third-order valence-electron chi connectivity index (χ3n) is 5.33. The van der Waals surface area contributed by atoms with Gasteiger partial charge in [0, 0.05) is 36.8 Å². The quantitative estimate of drug-likeness (QED) is 0.718. The number of rotatable bonds is 3. The highest BCUT2D eigenvalue weighted by Crippen LogP contribution is 2.24. The fraction of sp³-hybridized carbons (Fsp3) is 0.217. The second-order valence-corrected chi connectivity index (χ2v) is 7.17. The number of aromatic nitrogens is 1. The number of para-hydroxylation sites is 1. The molecule has 0 bridgehead atoms. The average Bonchev–Trinajstić information content (AvgIpc) is 2.73. The van der Waals surface area contributed by atoms with Gasteiger partial charge in [-0.15, -0.1) is 0 Å². The Morgan fingerprint density at radius 3 is 2.64 bits per heavy atom. The van der Waals surface area contributed by atoms with Crippen LogP contribution in [0.3, 0.4) is 0 Å². The van der Waals surface area contributed by atoms with Crippen LogP contribution in [0.5, 0.6) is 0 Å². The molecule has 1 atom stereocenters. The van der Waals surface area contributed by atoms with Gasteiger partial charge in [-0.3, -0.25) is 14.5 Å². The highest BCUT2D eigenvalue weighted by atomic mass is 16.2. The van der Waals surface area contributed by atoms with Gasteiger partial charge in [-0.2, -0.15) is 0 Å². The minimum absolute atomic E-state index is 0.0680. The summed E-state index contributed by atoms with van der Waals surface area (Å²) >= 11 is 0. The molecule has 2 aromatic carbocycles. The molecule has 5 heteroatoms. The van der Waals surface area contributed by atoms with Crippen LogP contribution < -0.4 is 5.56 Å². The van der Waals surface area contributed by atoms with E-state index in [-0.39, 0.29) is 17.5 Å². The number of H-pyrrole nitrogens is 1. The first-order chi connectivity index (χ1) is 13.6. The Labute approximate surface area is 163 Å². The summed E-state index contributed by atoms with van der Waals surface area (Å²) in [5, 5.41) is 0.943. The van der Waals surface area contributed by atoms with Gasteiger partial charge in [0.15, 0.2) is 0 Å². The summed E-state index contributed by atoms with van der Waals surface area (Å²) in [7, 11) is 2.09. The van der Waals surface area contributed by atoms with Crippen molar-refractivity contribution in [2.24, 2.45) is 0 Å². The lowest BCUT2D eigenvalue weighted by molar-refractivity contribution is -0.128. The van der Waals surface area contributed by atoms with E-state index in [4.69, 9.17) is 0 Å². The van der Waals surface area contributed by atoms with Gasteiger partial charge in [0.1, 0.15) is 0 Å². The molecule has 1 aromatic heterocycles. The minimum atomic E-state index is -0.191. The summed E-state index contributed by atoms with van der Waals surface area (Å²) in [6.07, 6.45) is 3.12. The van der Waals surface area contributed by atoms with Crippen molar-refractivity contribution in [3.05, 3.63) is 88.2 Å². The van der Waals surface area contributed by atoms with E-state index in [1.807, 2.05) is 53.4 Å². The van der Waals surface area contributed by atoms with Crippen LogP contribution in [-0.4, -0.2) is 47.4 Å². The van der Waals surface area contributed by atoms with Gasteiger partial charge >= 0.3 is 0 Å². The summed E-state index contributed by atoms with van der Waals surface area (Å²) in [6.45, 7) is 2.13. The fourth-order valence-corrected chi connectivity index (χ4v) is 3.66. The molecule has 1 saturated heterocycles. The zero-order valence-corrected chi connectivity index (χ0v) is 15.8. The first-order valence-electron chi connectivity index (χ1n) is 9.46. The first kappa shape index (κ1) is 18.2. The van der Waals surface area contributed by atoms with Crippen LogP contribution in [0, 0.1) is 0 Å². The minimum Gasteiger partial charge on any atom is -0.336 e. The predicted molar refractivity (Wildman–Crippen MR) is 112 cm³/mol. The molecular formula is C23H23N3O2. The number of nitrogens with one attached hydrogen (secondary N) is 1. The SMILES string of the molecule is CN1CCN(C(=O)/C=C/c2cc3ccccc3[nH]c2=O)CC1c1ccccc1. The third kappa shape index (κ3) is 3.75. The molecule has 1 fully saturated rings. The van der Waals surface area contributed by atoms with Crippen molar-refractivity contribution >= 4 is 22.9 Å². The van der Waals surface area contributed by atoms with Crippen molar-refractivity contribution in [2.75, 3.05) is 26.7 Å². The Balaban J connectivity index is 1.52. The van der Waals surface area contributed by atoms with Crippen LogP contribution in [0.1, 0.15) is 17.2 Å². The Morgan fingerprint density at radius 2 is 1.82 bits per heavy atom. The largest absolute Gasteiger partial charge is 0.336 e. The number of aromatic amines is 1. The number of hydrogen-bond acceptors (Lipinski definition) is 3. The monoisotopic (exact) mass is 373 g/mol. The summed E-state index contributed by atoms with van der Waals surface area (Å²) in [6, 6.07) is 19.8. The molecule has 2 heterocycles. The molecule has 1 unspecified atom stereocenters. The number of amides is 1. The third-order valence-corrected chi connectivity index (χ3v) is 5.33. The van der Waals surface area contributed by atoms with Gasteiger partial charge < -0.3 is 9.88 Å². The fourth-order valence-electron chi connectivity index (χ4n) is 3.66. The van der Waals surface area contributed by atoms with E-state index in [1.165, 1.54) is 11.6 Å². The molecule has 1 aliphatic heterocycles. The molecule has 1 N–H and O–H groups in total. The summed E-state index contributed by atoms with van der Waals surface area (Å²) in [5.41, 5.74) is 2.29. The molecule has 3 aromatic rings. The van der Waals surface area contributed by atoms with Gasteiger partial charge in [0.05, 0.1) is 6.04 Å². The van der Waals surface area contributed by atoms with Gasteiger partial charge in [-0.05, 0) is 36.2 Å². The maximum atomic E-state index is 12.7. The maximum absolute atomic E-state index is 12.7. The molecule has 28 heavy (non-hydrogen) atoms. The Hall–Kier alpha value is -3.18. The van der Waals surface area contributed by atoms with E-state index in [2.05, 4.69) is 29.1 Å². The van der Waals surface area contributed by atoms with Crippen LogP contribution in [0.4, 0.5) is 0 Å². The van der Waals surface area contributed by atoms with Crippen molar-refractivity contribution in [3.63, 3.8) is 0 Å². The van der Waals surface area contributed by atoms with Crippen molar-refractivity contribution in [1.82, 2.24) is 14.8 Å². The van der Waals surface area contributed by atoms with Gasteiger partial charge in [-0.25, -0.2) is 0 Å². The standard InChI is InChI=1S/C23H23N3O2/c1-25-13-14-26(16-21(25)17-7-3-2-4-8-17)22(27)12-11-19-15-18-9-5-6-10-20(18)24-23(19)28/h2-12,15,21H,13-14,16H2,1H3,(H,24,28)/b12-11+. The van der Waals surface area contributed by atoms with E-state index in [9.17, 15) is 9.59 Å². The number of carbonyl (C=O) groups is 1. The smallest absolute Gasteiger partial charge is 0.255 e. The Bertz CT molecular complexity index is 1070. The summed E-state index contributed by atoms with van der Waals surface area (Å²) in [5.74, 6) is -0.0680. The number of likely N-dealkylation sites (N-methyl/N-ethyl adjacent to an activating group) is 1. The molecule has 142 valence electrons. The van der Waals surface area contributed by atoms with E-state index in [0.29, 0.717) is 18.7 Å². The van der Waals surface area contributed by atoms with Gasteiger partial charge in [0.2, 0.25) is 5.91 Å². The number of benzene rings is 2. The summed E-state index contributed by atoms with van der Waals surface area (Å²) in [4.78, 5) is 32.0. The lowest BCUT2D eigenvalue weighted by Gasteiger charge is -2.39. The lowest BCUT2D eigenvalue weighted by atomic mass is 10.0.